The molecular formula is CH6O3Si. The van der Waals surface area contributed by atoms with E-state index in [2.05, 4.69) is 0 Å². The second-order valence-electron chi connectivity index (χ2n) is 0.283. The van der Waals surface area contributed by atoms with Crippen molar-refractivity contribution in [3.63, 3.8) is 0 Å². The molecule has 0 bridgehead atoms. The predicted molar refractivity (Wildman–Crippen MR) is 17.6 cm³/mol. The molecule has 2 N–H and O–H groups in total. The van der Waals surface area contributed by atoms with E-state index in [-0.39, 0.29) is 7.43 Å². The highest BCUT2D eigenvalue weighted by molar-refractivity contribution is 6.22. The van der Waals surface area contributed by atoms with E-state index in [4.69, 9.17) is 14.1 Å². The highest BCUT2D eigenvalue weighted by Crippen LogP contribution is 1.27. The third-order valence-electron chi connectivity index (χ3n) is 0. The number of rotatable bonds is 0. The van der Waals surface area contributed by atoms with Gasteiger partial charge in [-0.3, -0.25) is 4.46 Å². The van der Waals surface area contributed by atoms with Gasteiger partial charge in [0.1, 0.15) is 0 Å². The molecule has 0 heterocycles. The Morgan fingerprint density at radius 1 is 1.40 bits per heavy atom. The molecule has 0 aromatic rings. The van der Waals surface area contributed by atoms with Crippen LogP contribution in [0.1, 0.15) is 7.43 Å². The minimum Gasteiger partial charge on any atom is -0.511 e. The standard InChI is InChI=1S/CH4.H2O3Si/c;1-4(2)3/h1H4;1-2H. The van der Waals surface area contributed by atoms with Crippen LogP contribution in [0.4, 0.5) is 0 Å². The van der Waals surface area contributed by atoms with E-state index < -0.39 is 9.17 Å². The monoisotopic (exact) mass is 94.0 g/mol. The quantitative estimate of drug-likeness (QED) is 0.379. The second kappa shape index (κ2) is 3.62. The molecule has 0 saturated carbocycles. The van der Waals surface area contributed by atoms with Crippen molar-refractivity contribution in [2.24, 2.45) is 0 Å². The summed E-state index contributed by atoms with van der Waals surface area (Å²) in [6.45, 7) is 0. The van der Waals surface area contributed by atoms with Crippen LogP contribution in [0.5, 0.6) is 0 Å². The summed E-state index contributed by atoms with van der Waals surface area (Å²) >= 11 is 0. The van der Waals surface area contributed by atoms with Gasteiger partial charge in [0.15, 0.2) is 0 Å². The van der Waals surface area contributed by atoms with E-state index in [1.165, 1.54) is 0 Å². The third-order valence-corrected chi connectivity index (χ3v) is 0. The van der Waals surface area contributed by atoms with E-state index in [1.54, 1.807) is 0 Å². The average Bonchev–Trinajstić information content (AvgIpc) is 0.811. The van der Waals surface area contributed by atoms with Crippen molar-refractivity contribution in [2.45, 2.75) is 7.43 Å². The topological polar surface area (TPSA) is 57.5 Å². The van der Waals surface area contributed by atoms with Crippen molar-refractivity contribution in [3.8, 4) is 0 Å². The minimum atomic E-state index is -3.13. The van der Waals surface area contributed by atoms with Crippen LogP contribution in [-0.2, 0) is 4.46 Å². The van der Waals surface area contributed by atoms with Gasteiger partial charge in [0, 0.05) is 0 Å². The Hall–Kier alpha value is -0.383. The zero-order chi connectivity index (χ0) is 3.58. The lowest BCUT2D eigenvalue weighted by atomic mass is 12.0. The molecule has 0 rings (SSSR count). The Kier molecular flexibility index (Phi) is 6.38. The number of hydrogen-bond acceptors (Lipinski definition) is 1. The van der Waals surface area contributed by atoms with Gasteiger partial charge < -0.3 is 9.59 Å². The Bertz CT molecular complexity index is 29.9. The van der Waals surface area contributed by atoms with Crippen molar-refractivity contribution in [1.82, 2.24) is 0 Å². The van der Waals surface area contributed by atoms with Crippen LogP contribution in [0.15, 0.2) is 0 Å². The summed E-state index contributed by atoms with van der Waals surface area (Å²) in [7, 11) is -3.13. The molecular weight excluding hydrogens is 88.1 g/mol. The third kappa shape index (κ3) is 64.4. The molecule has 0 unspecified atom stereocenters. The van der Waals surface area contributed by atoms with Gasteiger partial charge in [-0.2, -0.15) is 0 Å². The Morgan fingerprint density at radius 3 is 1.40 bits per heavy atom. The molecule has 0 aromatic carbocycles. The molecule has 0 amide bonds. The maximum atomic E-state index is 8.74. The van der Waals surface area contributed by atoms with Gasteiger partial charge in [0.2, 0.25) is 0 Å². The van der Waals surface area contributed by atoms with E-state index in [9.17, 15) is 0 Å². The highest BCUT2D eigenvalue weighted by Gasteiger charge is 1.85. The zero-order valence-corrected chi connectivity index (χ0v) is 2.80. The van der Waals surface area contributed by atoms with Crippen molar-refractivity contribution >= 4 is 9.17 Å². The normalized spacial score (nSPS) is 4.80. The lowest BCUT2D eigenvalue weighted by Crippen LogP contribution is -1.90. The first kappa shape index (κ1) is 8.82. The van der Waals surface area contributed by atoms with Gasteiger partial charge >= 0.3 is 9.17 Å². The fourth-order valence-electron chi connectivity index (χ4n) is 0. The minimum absolute atomic E-state index is 0. The molecule has 0 aliphatic rings. The van der Waals surface area contributed by atoms with E-state index in [0.717, 1.165) is 0 Å². The summed E-state index contributed by atoms with van der Waals surface area (Å²) in [4.78, 5) is 14.3. The van der Waals surface area contributed by atoms with Crippen molar-refractivity contribution in [3.05, 3.63) is 0 Å². The molecule has 0 aromatic heterocycles. The van der Waals surface area contributed by atoms with Crippen LogP contribution in [0.25, 0.3) is 0 Å². The zero-order valence-electron chi connectivity index (χ0n) is 1.80. The lowest BCUT2D eigenvalue weighted by Gasteiger charge is -1.55. The van der Waals surface area contributed by atoms with Gasteiger partial charge in [-0.25, -0.2) is 0 Å². The first-order chi connectivity index (χ1) is 1.73. The summed E-state index contributed by atoms with van der Waals surface area (Å²) < 4.78 is 8.74. The molecule has 4 heteroatoms. The molecule has 0 fully saturated rings. The van der Waals surface area contributed by atoms with Gasteiger partial charge in [-0.1, -0.05) is 7.43 Å². The van der Waals surface area contributed by atoms with Gasteiger partial charge in [-0.15, -0.1) is 0 Å². The van der Waals surface area contributed by atoms with Crippen LogP contribution in [0.2, 0.25) is 0 Å². The van der Waals surface area contributed by atoms with E-state index >= 15 is 0 Å². The summed E-state index contributed by atoms with van der Waals surface area (Å²) in [6, 6.07) is 0. The first-order valence-corrected chi connectivity index (χ1v) is 1.95. The fraction of sp³-hybridized carbons (Fsp3) is 1.00. The Balaban J connectivity index is 0. The Morgan fingerprint density at radius 2 is 1.40 bits per heavy atom. The Labute approximate surface area is 31.8 Å². The number of hydrogen-bond donors (Lipinski definition) is 2. The molecule has 3 nitrogen and oxygen atoms in total. The van der Waals surface area contributed by atoms with E-state index in [0.29, 0.717) is 0 Å². The van der Waals surface area contributed by atoms with Crippen molar-refractivity contribution in [1.29, 1.82) is 0 Å². The predicted octanol–water partition coefficient (Wildman–Crippen LogP) is -0.978. The molecule has 0 spiro atoms. The second-order valence-corrected chi connectivity index (χ2v) is 0.848. The van der Waals surface area contributed by atoms with Gasteiger partial charge in [-0.05, 0) is 0 Å². The van der Waals surface area contributed by atoms with Gasteiger partial charge in [0.05, 0.1) is 0 Å². The van der Waals surface area contributed by atoms with Crippen molar-refractivity contribution in [2.75, 3.05) is 0 Å². The smallest absolute Gasteiger partial charge is 0.511 e. The van der Waals surface area contributed by atoms with Crippen LogP contribution >= 0.6 is 0 Å². The molecule has 0 radical (unpaired) electrons. The van der Waals surface area contributed by atoms with Crippen molar-refractivity contribution < 1.29 is 14.1 Å². The highest BCUT2D eigenvalue weighted by atomic mass is 28.3. The molecule has 0 atom stereocenters. The van der Waals surface area contributed by atoms with Crippen LogP contribution in [0, 0.1) is 0 Å². The van der Waals surface area contributed by atoms with Crippen LogP contribution in [-0.4, -0.2) is 18.8 Å². The average molecular weight is 94.1 g/mol. The molecule has 0 saturated heterocycles. The molecule has 32 valence electrons. The maximum absolute atomic E-state index is 8.74. The summed E-state index contributed by atoms with van der Waals surface area (Å²) in [6.07, 6.45) is 0. The fourth-order valence-corrected chi connectivity index (χ4v) is 0. The van der Waals surface area contributed by atoms with Gasteiger partial charge in [0.25, 0.3) is 0 Å². The van der Waals surface area contributed by atoms with E-state index in [1.807, 2.05) is 0 Å². The van der Waals surface area contributed by atoms with Crippen LogP contribution < -0.4 is 0 Å². The lowest BCUT2D eigenvalue weighted by molar-refractivity contribution is 0.330. The molecule has 0 aliphatic heterocycles. The SMILES string of the molecule is C.O=[Si](O)O. The maximum Gasteiger partial charge on any atom is 0.761 e. The van der Waals surface area contributed by atoms with Crippen LogP contribution in [0.3, 0.4) is 0 Å². The first-order valence-electron chi connectivity index (χ1n) is 0.651. The molecule has 0 aliphatic carbocycles. The summed E-state index contributed by atoms with van der Waals surface area (Å²) in [5, 5.41) is 0. The summed E-state index contributed by atoms with van der Waals surface area (Å²) in [5.41, 5.74) is 0. The largest absolute Gasteiger partial charge is 0.761 e. The summed E-state index contributed by atoms with van der Waals surface area (Å²) in [5.74, 6) is 0. The molecule has 5 heavy (non-hydrogen) atoms.